The average Bonchev–Trinajstić information content (AvgIpc) is 3.79. The van der Waals surface area contributed by atoms with Crippen molar-refractivity contribution in [2.45, 2.75) is 0 Å². The molecule has 12 aromatic rings. The highest BCUT2D eigenvalue weighted by molar-refractivity contribution is 6.28. The first kappa shape index (κ1) is 30.9. The van der Waals surface area contributed by atoms with E-state index >= 15 is 0 Å². The van der Waals surface area contributed by atoms with Gasteiger partial charge in [-0.25, -0.2) is 9.97 Å². The summed E-state index contributed by atoms with van der Waals surface area (Å²) in [6.07, 6.45) is 0. The third-order valence-electron chi connectivity index (χ3n) is 11.5. The normalized spacial score (nSPS) is 11.9. The minimum atomic E-state index is 0.652. The lowest BCUT2D eigenvalue weighted by Gasteiger charge is -2.13. The largest absolute Gasteiger partial charge is 0.309 e. The van der Waals surface area contributed by atoms with Crippen molar-refractivity contribution in [3.8, 4) is 34.0 Å². The molecule has 12 rings (SSSR count). The smallest absolute Gasteiger partial charge is 0.235 e. The Morgan fingerprint density at radius 1 is 0.321 bits per heavy atom. The number of hydrogen-bond acceptors (Lipinski definition) is 2. The van der Waals surface area contributed by atoms with Gasteiger partial charge < -0.3 is 4.57 Å². The summed E-state index contributed by atoms with van der Waals surface area (Å²) in [7, 11) is 0. The maximum atomic E-state index is 5.37. The van der Waals surface area contributed by atoms with Crippen LogP contribution in [0.25, 0.3) is 110 Å². The van der Waals surface area contributed by atoms with E-state index in [1.807, 2.05) is 0 Å². The second kappa shape index (κ2) is 12.0. The minimum Gasteiger partial charge on any atom is -0.309 e. The third-order valence-corrected chi connectivity index (χ3v) is 11.5. The molecule has 0 aliphatic rings. The van der Waals surface area contributed by atoms with E-state index in [1.165, 1.54) is 54.5 Å². The van der Waals surface area contributed by atoms with E-state index in [0.717, 1.165) is 49.7 Å². The predicted molar refractivity (Wildman–Crippen MR) is 234 cm³/mol. The van der Waals surface area contributed by atoms with Crippen molar-refractivity contribution in [2.75, 3.05) is 0 Å². The first-order chi connectivity index (χ1) is 27.8. The molecule has 3 aromatic heterocycles. The van der Waals surface area contributed by atoms with Crippen molar-refractivity contribution >= 4 is 76.1 Å². The molecule has 0 unspecified atom stereocenters. The Morgan fingerprint density at radius 3 is 1.57 bits per heavy atom. The second-order valence-corrected chi connectivity index (χ2v) is 14.6. The molecule has 0 radical (unpaired) electrons. The molecule has 0 saturated heterocycles. The van der Waals surface area contributed by atoms with Crippen molar-refractivity contribution in [3.63, 3.8) is 0 Å². The average molecular weight is 713 g/mol. The number of rotatable bonds is 4. The van der Waals surface area contributed by atoms with Crippen molar-refractivity contribution in [1.82, 2.24) is 19.1 Å². The fraction of sp³-hybridized carbons (Fsp3) is 0. The molecule has 0 spiro atoms. The van der Waals surface area contributed by atoms with Crippen LogP contribution >= 0.6 is 0 Å². The third kappa shape index (κ3) is 4.53. The van der Waals surface area contributed by atoms with E-state index in [4.69, 9.17) is 9.97 Å². The van der Waals surface area contributed by atoms with Crippen LogP contribution in [0.4, 0.5) is 0 Å². The quantitative estimate of drug-likeness (QED) is 0.182. The lowest BCUT2D eigenvalue weighted by Crippen LogP contribution is -2.03. The number of hydrogen-bond donors (Lipinski definition) is 0. The van der Waals surface area contributed by atoms with Gasteiger partial charge in [0.05, 0.1) is 33.3 Å². The van der Waals surface area contributed by atoms with Gasteiger partial charge in [0.1, 0.15) is 0 Å². The Labute approximate surface area is 322 Å². The van der Waals surface area contributed by atoms with Gasteiger partial charge in [0.25, 0.3) is 0 Å². The Bertz CT molecular complexity index is 3430. The molecular weight excluding hydrogens is 681 g/mol. The molecular formula is C52H32N4. The van der Waals surface area contributed by atoms with E-state index in [2.05, 4.69) is 203 Å². The first-order valence-electron chi connectivity index (χ1n) is 19.1. The Kier molecular flexibility index (Phi) is 6.60. The summed E-state index contributed by atoms with van der Waals surface area (Å²) in [5.41, 5.74) is 10.9. The van der Waals surface area contributed by atoms with Gasteiger partial charge in [-0.15, -0.1) is 0 Å². The van der Waals surface area contributed by atoms with Gasteiger partial charge in [-0.3, -0.25) is 4.57 Å². The van der Waals surface area contributed by atoms with Crippen LogP contribution in [-0.4, -0.2) is 19.1 Å². The topological polar surface area (TPSA) is 35.6 Å². The van der Waals surface area contributed by atoms with E-state index in [9.17, 15) is 0 Å². The van der Waals surface area contributed by atoms with Crippen LogP contribution in [0.15, 0.2) is 194 Å². The van der Waals surface area contributed by atoms with Crippen molar-refractivity contribution < 1.29 is 0 Å². The highest BCUT2D eigenvalue weighted by Gasteiger charge is 2.21. The molecule has 4 nitrogen and oxygen atoms in total. The van der Waals surface area contributed by atoms with Crippen LogP contribution in [0.3, 0.4) is 0 Å². The van der Waals surface area contributed by atoms with Gasteiger partial charge >= 0.3 is 0 Å². The maximum Gasteiger partial charge on any atom is 0.235 e. The van der Waals surface area contributed by atoms with Crippen LogP contribution < -0.4 is 0 Å². The lowest BCUT2D eigenvalue weighted by molar-refractivity contribution is 1.01. The lowest BCUT2D eigenvalue weighted by atomic mass is 10.00. The highest BCUT2D eigenvalue weighted by atomic mass is 15.2. The molecule has 56 heavy (non-hydrogen) atoms. The molecule has 4 heteroatoms. The number of para-hydroxylation sites is 2. The number of nitrogens with zero attached hydrogens (tertiary/aromatic N) is 4. The van der Waals surface area contributed by atoms with E-state index in [-0.39, 0.29) is 0 Å². The number of benzene rings is 9. The van der Waals surface area contributed by atoms with E-state index in [0.29, 0.717) is 5.95 Å². The standard InChI is InChI=1S/C52H32N4/c1-2-12-33(13-3-1)34-22-24-37(25-23-34)51-42-19-8-10-20-44(42)53-52(54-51)56-45-21-11-9-18-41(45)43-32-38(28-31-46(43)56)55-47-29-26-35-14-4-6-16-39(35)49(47)50-40-17-7-5-15-36(40)27-30-48(50)55/h1-32H. The molecule has 0 aliphatic carbocycles. The molecule has 0 fully saturated rings. The molecule has 0 bridgehead atoms. The molecule has 260 valence electrons. The summed E-state index contributed by atoms with van der Waals surface area (Å²) in [5, 5.41) is 10.9. The van der Waals surface area contributed by atoms with Crippen molar-refractivity contribution in [1.29, 1.82) is 0 Å². The summed E-state index contributed by atoms with van der Waals surface area (Å²) in [6, 6.07) is 69.6. The Hall–Kier alpha value is -7.56. The number of aromatic nitrogens is 4. The monoisotopic (exact) mass is 712 g/mol. The van der Waals surface area contributed by atoms with Crippen molar-refractivity contribution in [2.24, 2.45) is 0 Å². The molecule has 0 atom stereocenters. The fourth-order valence-corrected chi connectivity index (χ4v) is 8.98. The highest BCUT2D eigenvalue weighted by Crippen LogP contribution is 2.42. The minimum absolute atomic E-state index is 0.652. The first-order valence-corrected chi connectivity index (χ1v) is 19.1. The summed E-state index contributed by atoms with van der Waals surface area (Å²) >= 11 is 0. The van der Waals surface area contributed by atoms with E-state index < -0.39 is 0 Å². The van der Waals surface area contributed by atoms with Gasteiger partial charge in [0, 0.05) is 38.2 Å². The molecule has 9 aromatic carbocycles. The SMILES string of the molecule is c1ccc(-c2ccc(-c3nc(-n4c5ccccc5c5cc(-n6c7ccc8ccccc8c7c7c8ccccc8ccc76)ccc54)nc4ccccc34)cc2)cc1. The van der Waals surface area contributed by atoms with Crippen molar-refractivity contribution in [3.05, 3.63) is 194 Å². The molecule has 0 N–H and O–H groups in total. The maximum absolute atomic E-state index is 5.37. The number of fused-ring (bicyclic) bond motifs is 11. The van der Waals surface area contributed by atoms with Crippen LogP contribution in [0.2, 0.25) is 0 Å². The molecule has 0 amide bonds. The summed E-state index contributed by atoms with van der Waals surface area (Å²) in [4.78, 5) is 10.6. The predicted octanol–water partition coefficient (Wildman–Crippen LogP) is 13.5. The zero-order valence-electron chi connectivity index (χ0n) is 30.3. The van der Waals surface area contributed by atoms with Gasteiger partial charge in [-0.2, -0.15) is 0 Å². The van der Waals surface area contributed by atoms with Crippen LogP contribution in [0, 0.1) is 0 Å². The summed E-state index contributed by atoms with van der Waals surface area (Å²) < 4.78 is 4.68. The van der Waals surface area contributed by atoms with Gasteiger partial charge in [0.15, 0.2) is 0 Å². The fourth-order valence-electron chi connectivity index (χ4n) is 8.98. The second-order valence-electron chi connectivity index (χ2n) is 14.6. The Balaban J connectivity index is 1.09. The van der Waals surface area contributed by atoms with Gasteiger partial charge in [-0.05, 0) is 75.1 Å². The summed E-state index contributed by atoms with van der Waals surface area (Å²) in [6.45, 7) is 0. The van der Waals surface area contributed by atoms with Crippen LogP contribution in [0.5, 0.6) is 0 Å². The molecule has 0 aliphatic heterocycles. The van der Waals surface area contributed by atoms with Crippen LogP contribution in [0.1, 0.15) is 0 Å². The molecule has 0 saturated carbocycles. The van der Waals surface area contributed by atoms with E-state index in [1.54, 1.807) is 0 Å². The molecule has 3 heterocycles. The van der Waals surface area contributed by atoms with Gasteiger partial charge in [-0.1, -0.05) is 152 Å². The summed E-state index contributed by atoms with van der Waals surface area (Å²) in [5.74, 6) is 0.652. The Morgan fingerprint density at radius 2 is 0.857 bits per heavy atom. The zero-order valence-corrected chi connectivity index (χ0v) is 30.3. The van der Waals surface area contributed by atoms with Gasteiger partial charge in [0.2, 0.25) is 5.95 Å². The zero-order chi connectivity index (χ0) is 36.7. The van der Waals surface area contributed by atoms with Crippen LogP contribution in [-0.2, 0) is 0 Å².